The van der Waals surface area contributed by atoms with Crippen molar-refractivity contribution < 1.29 is 14.3 Å². The van der Waals surface area contributed by atoms with E-state index in [9.17, 15) is 9.59 Å². The van der Waals surface area contributed by atoms with Crippen molar-refractivity contribution in [2.24, 2.45) is 0 Å². The molecule has 0 amide bonds. The quantitative estimate of drug-likeness (QED) is 0.606. The first-order valence-electron chi connectivity index (χ1n) is 3.65. The largest absolute Gasteiger partial charge is 0.289 e. The second kappa shape index (κ2) is 3.31. The fraction of sp³-hybridized carbons (Fsp3) is 0. The Morgan fingerprint density at radius 3 is 1.54 bits per heavy atom. The SMILES string of the molecule is F.O=C1C=CC(=O)c2ccccc21. The van der Waals surface area contributed by atoms with E-state index in [2.05, 4.69) is 0 Å². The zero-order valence-electron chi connectivity index (χ0n) is 6.69. The van der Waals surface area contributed by atoms with Crippen molar-refractivity contribution in [2.75, 3.05) is 0 Å². The number of halogens is 1. The zero-order valence-corrected chi connectivity index (χ0v) is 6.69. The van der Waals surface area contributed by atoms with Crippen molar-refractivity contribution in [1.82, 2.24) is 0 Å². The van der Waals surface area contributed by atoms with Gasteiger partial charge < -0.3 is 0 Å². The number of carbonyl (C=O) groups excluding carboxylic acids is 2. The van der Waals surface area contributed by atoms with Crippen molar-refractivity contribution in [3.8, 4) is 0 Å². The molecule has 0 bridgehead atoms. The van der Waals surface area contributed by atoms with Crippen LogP contribution in [0, 0.1) is 0 Å². The fourth-order valence-electron chi connectivity index (χ4n) is 1.24. The fourth-order valence-corrected chi connectivity index (χ4v) is 1.24. The van der Waals surface area contributed by atoms with E-state index in [4.69, 9.17) is 0 Å². The number of ketones is 2. The normalized spacial score (nSPS) is 13.5. The van der Waals surface area contributed by atoms with Gasteiger partial charge in [-0.2, -0.15) is 0 Å². The van der Waals surface area contributed by atoms with Gasteiger partial charge in [0, 0.05) is 11.1 Å². The first-order valence-corrected chi connectivity index (χ1v) is 3.65. The number of fused-ring (bicyclic) bond motifs is 1. The van der Waals surface area contributed by atoms with E-state index in [1.807, 2.05) is 0 Å². The van der Waals surface area contributed by atoms with Crippen LogP contribution in [0.5, 0.6) is 0 Å². The van der Waals surface area contributed by atoms with Gasteiger partial charge in [-0.25, -0.2) is 0 Å². The van der Waals surface area contributed by atoms with E-state index in [0.717, 1.165) is 0 Å². The molecule has 0 heterocycles. The molecule has 1 aliphatic rings. The molecule has 1 aromatic rings. The van der Waals surface area contributed by atoms with Crippen LogP contribution in [0.2, 0.25) is 0 Å². The summed E-state index contributed by atoms with van der Waals surface area (Å²) in [6.45, 7) is 0. The van der Waals surface area contributed by atoms with Gasteiger partial charge in [0.25, 0.3) is 0 Å². The molecule has 0 aromatic heterocycles. The first kappa shape index (κ1) is 9.32. The summed E-state index contributed by atoms with van der Waals surface area (Å²) in [6, 6.07) is 6.84. The molecule has 66 valence electrons. The minimum absolute atomic E-state index is 0. The highest BCUT2D eigenvalue weighted by Gasteiger charge is 2.16. The molecule has 0 radical (unpaired) electrons. The van der Waals surface area contributed by atoms with Gasteiger partial charge in [-0.1, -0.05) is 24.3 Å². The van der Waals surface area contributed by atoms with E-state index in [-0.39, 0.29) is 16.3 Å². The summed E-state index contributed by atoms with van der Waals surface area (Å²) in [5.74, 6) is -0.185. The Morgan fingerprint density at radius 1 is 0.769 bits per heavy atom. The first-order chi connectivity index (χ1) is 5.79. The van der Waals surface area contributed by atoms with Crippen LogP contribution in [0.4, 0.5) is 4.70 Å². The predicted octanol–water partition coefficient (Wildman–Crippen LogP) is 1.77. The summed E-state index contributed by atoms with van der Waals surface area (Å²) in [5.41, 5.74) is 1.01. The van der Waals surface area contributed by atoms with Gasteiger partial charge in [0.2, 0.25) is 0 Å². The maximum atomic E-state index is 11.2. The second-order valence-corrected chi connectivity index (χ2v) is 2.61. The second-order valence-electron chi connectivity index (χ2n) is 2.61. The number of allylic oxidation sites excluding steroid dienone is 2. The average molecular weight is 178 g/mol. The van der Waals surface area contributed by atoms with E-state index in [0.29, 0.717) is 11.1 Å². The number of hydrogen-bond donors (Lipinski definition) is 0. The van der Waals surface area contributed by atoms with Crippen LogP contribution < -0.4 is 0 Å². The van der Waals surface area contributed by atoms with E-state index in [1.54, 1.807) is 24.3 Å². The molecular formula is C10H7FO2. The highest BCUT2D eigenvalue weighted by molar-refractivity contribution is 6.21. The lowest BCUT2D eigenvalue weighted by Gasteiger charge is -2.06. The summed E-state index contributed by atoms with van der Waals surface area (Å²) in [6.07, 6.45) is 2.62. The highest BCUT2D eigenvalue weighted by atomic mass is 19.0. The van der Waals surface area contributed by atoms with Crippen LogP contribution >= 0.6 is 0 Å². The number of carbonyl (C=O) groups is 2. The zero-order chi connectivity index (χ0) is 8.55. The molecule has 0 fully saturated rings. The Balaban J connectivity index is 0.000000845. The number of hydrogen-bond acceptors (Lipinski definition) is 2. The lowest BCUT2D eigenvalue weighted by Crippen LogP contribution is -2.10. The van der Waals surface area contributed by atoms with Crippen molar-refractivity contribution in [3.63, 3.8) is 0 Å². The summed E-state index contributed by atoms with van der Waals surface area (Å²) in [5, 5.41) is 0. The molecule has 0 atom stereocenters. The van der Waals surface area contributed by atoms with E-state index in [1.165, 1.54) is 12.2 Å². The third-order valence-corrected chi connectivity index (χ3v) is 1.84. The van der Waals surface area contributed by atoms with Gasteiger partial charge in [-0.05, 0) is 12.2 Å². The minimum Gasteiger partial charge on any atom is -0.289 e. The standard InChI is InChI=1S/C10H6O2.FH/c11-9-5-6-10(12)8-4-2-1-3-7(8)9;/h1-6H;1H. The maximum Gasteiger partial charge on any atom is 0.186 e. The van der Waals surface area contributed by atoms with Crippen molar-refractivity contribution in [2.45, 2.75) is 0 Å². The lowest BCUT2D eigenvalue weighted by atomic mass is 9.95. The van der Waals surface area contributed by atoms with Gasteiger partial charge in [-0.3, -0.25) is 14.3 Å². The molecule has 1 aromatic carbocycles. The van der Waals surface area contributed by atoms with Gasteiger partial charge in [0.15, 0.2) is 11.6 Å². The van der Waals surface area contributed by atoms with Gasteiger partial charge in [0.05, 0.1) is 0 Å². The monoisotopic (exact) mass is 178 g/mol. The van der Waals surface area contributed by atoms with Crippen LogP contribution in [-0.2, 0) is 0 Å². The topological polar surface area (TPSA) is 34.1 Å². The van der Waals surface area contributed by atoms with Crippen molar-refractivity contribution in [1.29, 1.82) is 0 Å². The lowest BCUT2D eigenvalue weighted by molar-refractivity contribution is 0.0994. The van der Waals surface area contributed by atoms with Crippen LogP contribution in [0.1, 0.15) is 20.7 Å². The van der Waals surface area contributed by atoms with E-state index >= 15 is 0 Å². The number of rotatable bonds is 0. The van der Waals surface area contributed by atoms with Crippen molar-refractivity contribution in [3.05, 3.63) is 47.5 Å². The van der Waals surface area contributed by atoms with Crippen LogP contribution in [0.15, 0.2) is 36.4 Å². The van der Waals surface area contributed by atoms with Crippen molar-refractivity contribution >= 4 is 11.6 Å². The summed E-state index contributed by atoms with van der Waals surface area (Å²) in [7, 11) is 0. The molecule has 0 unspecified atom stereocenters. The van der Waals surface area contributed by atoms with Crippen LogP contribution in [0.3, 0.4) is 0 Å². The third-order valence-electron chi connectivity index (χ3n) is 1.84. The Labute approximate surface area is 74.2 Å². The average Bonchev–Trinajstić information content (AvgIpc) is 2.12. The molecular weight excluding hydrogens is 171 g/mol. The summed E-state index contributed by atoms with van der Waals surface area (Å²) in [4.78, 5) is 22.4. The summed E-state index contributed by atoms with van der Waals surface area (Å²) < 4.78 is 0. The molecule has 0 aliphatic heterocycles. The number of benzene rings is 1. The predicted molar refractivity (Wildman–Crippen MR) is 46.7 cm³/mol. The third kappa shape index (κ3) is 1.40. The Bertz CT molecular complexity index is 357. The Kier molecular flexibility index (Phi) is 2.37. The molecule has 0 saturated carbocycles. The van der Waals surface area contributed by atoms with Gasteiger partial charge in [-0.15, -0.1) is 0 Å². The van der Waals surface area contributed by atoms with Gasteiger partial charge >= 0.3 is 0 Å². The molecule has 3 heteroatoms. The molecule has 13 heavy (non-hydrogen) atoms. The van der Waals surface area contributed by atoms with Gasteiger partial charge in [0.1, 0.15) is 0 Å². The summed E-state index contributed by atoms with van der Waals surface area (Å²) >= 11 is 0. The molecule has 0 spiro atoms. The minimum atomic E-state index is -0.0924. The van der Waals surface area contributed by atoms with E-state index < -0.39 is 0 Å². The molecule has 0 N–H and O–H groups in total. The molecule has 1 aliphatic carbocycles. The van der Waals surface area contributed by atoms with Crippen LogP contribution in [0.25, 0.3) is 0 Å². The maximum absolute atomic E-state index is 11.2. The molecule has 2 rings (SSSR count). The Morgan fingerprint density at radius 2 is 1.15 bits per heavy atom. The highest BCUT2D eigenvalue weighted by Crippen LogP contribution is 2.15. The Hall–Kier alpha value is -1.77. The smallest absolute Gasteiger partial charge is 0.186 e. The molecule has 0 saturated heterocycles. The molecule has 2 nitrogen and oxygen atoms in total. The van der Waals surface area contributed by atoms with Crippen LogP contribution in [-0.4, -0.2) is 11.6 Å².